The highest BCUT2D eigenvalue weighted by molar-refractivity contribution is 7.17. The van der Waals surface area contributed by atoms with Crippen molar-refractivity contribution in [3.63, 3.8) is 0 Å². The average molecular weight is 424 g/mol. The van der Waals surface area contributed by atoms with E-state index in [9.17, 15) is 22.8 Å². The quantitative estimate of drug-likeness (QED) is 0.705. The molecule has 1 aromatic carbocycles. The maximum Gasteiger partial charge on any atom is 0.417 e. The molecule has 0 fully saturated rings. The average Bonchev–Trinajstić information content (AvgIpc) is 2.97. The van der Waals surface area contributed by atoms with Crippen LogP contribution in [0.1, 0.15) is 63.9 Å². The number of carbonyl (C=O) groups is 2. The van der Waals surface area contributed by atoms with Gasteiger partial charge in [0, 0.05) is 4.88 Å². The van der Waals surface area contributed by atoms with Crippen LogP contribution in [-0.4, -0.2) is 11.8 Å². The van der Waals surface area contributed by atoms with Gasteiger partial charge in [-0.2, -0.15) is 13.2 Å². The predicted molar refractivity (Wildman–Crippen MR) is 107 cm³/mol. The molecular formula is C21H23F3N2O2S. The van der Waals surface area contributed by atoms with Crippen LogP contribution in [0.15, 0.2) is 24.3 Å². The van der Waals surface area contributed by atoms with Crippen LogP contribution in [0.4, 0.5) is 18.2 Å². The molecule has 0 saturated heterocycles. The van der Waals surface area contributed by atoms with Crippen LogP contribution >= 0.6 is 11.3 Å². The molecule has 0 radical (unpaired) electrons. The molecule has 1 heterocycles. The molecule has 1 aromatic heterocycles. The zero-order chi connectivity index (χ0) is 21.6. The van der Waals surface area contributed by atoms with Crippen LogP contribution in [0.25, 0.3) is 0 Å². The molecule has 1 aliphatic carbocycles. The van der Waals surface area contributed by atoms with Crippen LogP contribution in [0.2, 0.25) is 0 Å². The van der Waals surface area contributed by atoms with E-state index in [-0.39, 0.29) is 16.0 Å². The van der Waals surface area contributed by atoms with Gasteiger partial charge in [0.1, 0.15) is 5.00 Å². The maximum atomic E-state index is 13.2. The Kier molecular flexibility index (Phi) is 5.51. The van der Waals surface area contributed by atoms with E-state index in [1.54, 1.807) is 0 Å². The fraction of sp³-hybridized carbons (Fsp3) is 0.429. The number of alkyl halides is 3. The number of hydrogen-bond acceptors (Lipinski definition) is 3. The van der Waals surface area contributed by atoms with Crippen LogP contribution in [0.3, 0.4) is 0 Å². The largest absolute Gasteiger partial charge is 0.417 e. The zero-order valence-corrected chi connectivity index (χ0v) is 17.3. The monoisotopic (exact) mass is 424 g/mol. The fourth-order valence-corrected chi connectivity index (χ4v) is 5.10. The Balaban J connectivity index is 1.96. The topological polar surface area (TPSA) is 72.2 Å². The van der Waals surface area contributed by atoms with Crippen molar-refractivity contribution in [1.82, 2.24) is 0 Å². The fourth-order valence-electron chi connectivity index (χ4n) is 3.77. The van der Waals surface area contributed by atoms with E-state index < -0.39 is 29.1 Å². The minimum absolute atomic E-state index is 0.0869. The third-order valence-corrected chi connectivity index (χ3v) is 6.61. The molecule has 29 heavy (non-hydrogen) atoms. The first kappa shape index (κ1) is 21.4. The number of thiophene rings is 1. The van der Waals surface area contributed by atoms with E-state index in [0.29, 0.717) is 12.3 Å². The van der Waals surface area contributed by atoms with Gasteiger partial charge in [-0.25, -0.2) is 0 Å². The molecule has 3 rings (SSSR count). The SMILES string of the molecule is CC(C)(C)C1CCc2c(sc(NC(=O)c3ccccc3C(F)(F)F)c2C(N)=O)C1. The van der Waals surface area contributed by atoms with Gasteiger partial charge in [-0.15, -0.1) is 11.3 Å². The van der Waals surface area contributed by atoms with E-state index in [1.807, 2.05) is 0 Å². The first-order valence-corrected chi connectivity index (χ1v) is 10.1. The number of nitrogens with one attached hydrogen (secondary N) is 1. The molecule has 2 amide bonds. The Labute approximate surface area is 171 Å². The molecular weight excluding hydrogens is 401 g/mol. The number of amides is 2. The first-order valence-electron chi connectivity index (χ1n) is 9.31. The third kappa shape index (κ3) is 4.32. The Bertz CT molecular complexity index is 958. The summed E-state index contributed by atoms with van der Waals surface area (Å²) < 4.78 is 39.7. The second kappa shape index (κ2) is 7.48. The lowest BCUT2D eigenvalue weighted by molar-refractivity contribution is -0.137. The van der Waals surface area contributed by atoms with Crippen LogP contribution in [0.5, 0.6) is 0 Å². The summed E-state index contributed by atoms with van der Waals surface area (Å²) in [6.45, 7) is 6.46. The minimum atomic E-state index is -4.66. The van der Waals surface area contributed by atoms with Crippen molar-refractivity contribution >= 4 is 28.2 Å². The molecule has 0 saturated carbocycles. The number of hydrogen-bond donors (Lipinski definition) is 2. The molecule has 2 aromatic rings. The number of nitrogens with two attached hydrogens (primary N) is 1. The van der Waals surface area contributed by atoms with Gasteiger partial charge < -0.3 is 11.1 Å². The lowest BCUT2D eigenvalue weighted by Crippen LogP contribution is -2.27. The molecule has 1 unspecified atom stereocenters. The predicted octanol–water partition coefficient (Wildman–Crippen LogP) is 5.27. The summed E-state index contributed by atoms with van der Waals surface area (Å²) in [6, 6.07) is 4.57. The van der Waals surface area contributed by atoms with Crippen molar-refractivity contribution in [2.75, 3.05) is 5.32 Å². The van der Waals surface area contributed by atoms with Gasteiger partial charge in [0.25, 0.3) is 11.8 Å². The van der Waals surface area contributed by atoms with Gasteiger partial charge in [-0.3, -0.25) is 9.59 Å². The van der Waals surface area contributed by atoms with Crippen LogP contribution < -0.4 is 11.1 Å². The minimum Gasteiger partial charge on any atom is -0.365 e. The van der Waals surface area contributed by atoms with Gasteiger partial charge in [0.05, 0.1) is 16.7 Å². The van der Waals surface area contributed by atoms with Crippen molar-refractivity contribution in [3.8, 4) is 0 Å². The van der Waals surface area contributed by atoms with Crippen molar-refractivity contribution in [3.05, 3.63) is 51.4 Å². The normalized spacial score (nSPS) is 17.0. The van der Waals surface area contributed by atoms with Crippen LogP contribution in [0, 0.1) is 11.3 Å². The van der Waals surface area contributed by atoms with E-state index in [1.165, 1.54) is 23.5 Å². The smallest absolute Gasteiger partial charge is 0.365 e. The summed E-state index contributed by atoms with van der Waals surface area (Å²) in [4.78, 5) is 25.7. The number of carbonyl (C=O) groups excluding carboxylic acids is 2. The van der Waals surface area contributed by atoms with E-state index in [4.69, 9.17) is 5.73 Å². The highest BCUT2D eigenvalue weighted by Crippen LogP contribution is 2.44. The summed E-state index contributed by atoms with van der Waals surface area (Å²) in [5, 5.41) is 2.73. The Morgan fingerprint density at radius 2 is 1.83 bits per heavy atom. The highest BCUT2D eigenvalue weighted by Gasteiger charge is 2.36. The van der Waals surface area contributed by atoms with Gasteiger partial charge in [-0.05, 0) is 48.3 Å². The first-order chi connectivity index (χ1) is 13.4. The van der Waals surface area contributed by atoms with Crippen molar-refractivity contribution in [2.24, 2.45) is 17.1 Å². The highest BCUT2D eigenvalue weighted by atomic mass is 32.1. The Morgan fingerprint density at radius 3 is 2.41 bits per heavy atom. The summed E-state index contributed by atoms with van der Waals surface area (Å²) in [5.74, 6) is -1.19. The van der Waals surface area contributed by atoms with Crippen molar-refractivity contribution < 1.29 is 22.8 Å². The molecule has 8 heteroatoms. The maximum absolute atomic E-state index is 13.2. The number of fused-ring (bicyclic) bond motifs is 1. The van der Waals surface area contributed by atoms with Gasteiger partial charge in [0.2, 0.25) is 0 Å². The molecule has 0 aliphatic heterocycles. The third-order valence-electron chi connectivity index (χ3n) is 5.44. The molecule has 1 aliphatic rings. The van der Waals surface area contributed by atoms with Crippen molar-refractivity contribution in [1.29, 1.82) is 0 Å². The Hall–Kier alpha value is -2.35. The summed E-state index contributed by atoms with van der Waals surface area (Å²) in [5.41, 5.74) is 5.15. The summed E-state index contributed by atoms with van der Waals surface area (Å²) >= 11 is 1.23. The molecule has 1 atom stereocenters. The second-order valence-electron chi connectivity index (χ2n) is 8.38. The van der Waals surface area contributed by atoms with Gasteiger partial charge in [-0.1, -0.05) is 32.9 Å². The summed E-state index contributed by atoms with van der Waals surface area (Å²) in [6.07, 6.45) is -2.37. The van der Waals surface area contributed by atoms with Crippen molar-refractivity contribution in [2.45, 2.75) is 46.2 Å². The molecule has 0 spiro atoms. The van der Waals surface area contributed by atoms with E-state index in [0.717, 1.165) is 35.4 Å². The van der Waals surface area contributed by atoms with E-state index in [2.05, 4.69) is 26.1 Å². The zero-order valence-electron chi connectivity index (χ0n) is 16.4. The summed E-state index contributed by atoms with van der Waals surface area (Å²) in [7, 11) is 0. The lowest BCUT2D eigenvalue weighted by atomic mass is 9.72. The number of halogens is 3. The number of benzene rings is 1. The molecule has 3 N–H and O–H groups in total. The second-order valence-corrected chi connectivity index (χ2v) is 9.48. The standard InChI is InChI=1S/C21H23F3N2O2S/c1-20(2,3)11-8-9-13-15(10-11)29-19(16(13)17(25)27)26-18(28)12-6-4-5-7-14(12)21(22,23)24/h4-7,11H,8-10H2,1-3H3,(H2,25,27)(H,26,28). The molecule has 0 bridgehead atoms. The molecule has 4 nitrogen and oxygen atoms in total. The lowest BCUT2D eigenvalue weighted by Gasteiger charge is -2.33. The number of rotatable bonds is 3. The van der Waals surface area contributed by atoms with Crippen LogP contribution in [-0.2, 0) is 19.0 Å². The number of anilines is 1. The number of primary amides is 1. The van der Waals surface area contributed by atoms with E-state index >= 15 is 0 Å². The van der Waals surface area contributed by atoms with Gasteiger partial charge in [0.15, 0.2) is 0 Å². The molecule has 156 valence electrons. The Morgan fingerprint density at radius 1 is 1.17 bits per heavy atom. The van der Waals surface area contributed by atoms with Gasteiger partial charge >= 0.3 is 6.18 Å².